The monoisotopic (exact) mass is 576 g/mol. The first-order valence-electron chi connectivity index (χ1n) is 13.5. The molecule has 0 spiro atoms. The summed E-state index contributed by atoms with van der Waals surface area (Å²) in [6, 6.07) is 13.5. The molecule has 1 atom stereocenters. The number of primary amides is 1. The van der Waals surface area contributed by atoms with E-state index < -0.39 is 17.5 Å². The summed E-state index contributed by atoms with van der Waals surface area (Å²) in [6.07, 6.45) is 4.48. The fourth-order valence-electron chi connectivity index (χ4n) is 5.04. The summed E-state index contributed by atoms with van der Waals surface area (Å²) in [5.74, 6) is -0.433. The second-order valence-electron chi connectivity index (χ2n) is 11.7. The summed E-state index contributed by atoms with van der Waals surface area (Å²) in [6.45, 7) is 6.92. The predicted molar refractivity (Wildman–Crippen MR) is 161 cm³/mol. The summed E-state index contributed by atoms with van der Waals surface area (Å²) in [4.78, 5) is 21.1. The van der Waals surface area contributed by atoms with Crippen molar-refractivity contribution in [2.24, 2.45) is 11.1 Å². The average molecular weight is 577 g/mol. The number of anilines is 2. The zero-order valence-electron chi connectivity index (χ0n) is 23.3. The van der Waals surface area contributed by atoms with Crippen LogP contribution in [0.25, 0.3) is 21.1 Å². The molecule has 0 saturated heterocycles. The molecule has 1 aliphatic rings. The first-order chi connectivity index (χ1) is 20.1. The molecule has 3 aromatic heterocycles. The highest BCUT2D eigenvalue weighted by atomic mass is 32.1. The zero-order chi connectivity index (χ0) is 29.6. The Balaban J connectivity index is 1.50. The highest BCUT2D eigenvalue weighted by molar-refractivity contribution is 7.17. The fourth-order valence-corrected chi connectivity index (χ4v) is 5.87. The van der Waals surface area contributed by atoms with Gasteiger partial charge in [0.2, 0.25) is 5.91 Å². The molecule has 0 aliphatic heterocycles. The van der Waals surface area contributed by atoms with Gasteiger partial charge in [0.05, 0.1) is 50.3 Å². The van der Waals surface area contributed by atoms with Crippen LogP contribution in [0, 0.1) is 28.1 Å². The van der Waals surface area contributed by atoms with Crippen LogP contribution in [-0.2, 0) is 10.3 Å². The Kier molecular flexibility index (Phi) is 6.51. The van der Waals surface area contributed by atoms with Crippen LogP contribution in [0.4, 0.5) is 11.4 Å². The molecule has 1 amide bonds. The lowest BCUT2D eigenvalue weighted by molar-refractivity contribution is -0.122. The van der Waals surface area contributed by atoms with Crippen LogP contribution in [0.3, 0.4) is 0 Å². The summed E-state index contributed by atoms with van der Waals surface area (Å²) in [7, 11) is 0. The highest BCUT2D eigenvalue weighted by Gasteiger charge is 2.52. The van der Waals surface area contributed by atoms with Gasteiger partial charge >= 0.3 is 0 Å². The predicted octanol–water partition coefficient (Wildman–Crippen LogP) is 4.81. The summed E-state index contributed by atoms with van der Waals surface area (Å²) < 4.78 is 2.54. The van der Waals surface area contributed by atoms with E-state index in [4.69, 9.17) is 5.73 Å². The molecule has 6 rings (SSSR count). The number of nitrogens with zero attached hydrogens (tertiary/aromatic N) is 7. The standard InChI is InChI=1S/C30H28N10OS/c1-29(2,3)15-35-25-18(12-32)13-34-24-17(11-31)9-19(10-21(24)25)37-26(20-5-4-6-22-27(20)42-16-36-22)23-14-40(39-38-23)30(7-8-30)28(33)41/h4-6,9-10,13-14,16,26,37H,7-8,15H2,1-3H3,(H2,33,41)(H,34,35)/t26-/m0/s1. The minimum Gasteiger partial charge on any atom is -0.383 e. The SMILES string of the molecule is CC(C)(C)CNc1c(C#N)cnc2c(C#N)cc(N[C@H](c3cn(C4(C(N)=O)CC4)nn3)c3cccc4ncsc34)cc12. The minimum atomic E-state index is -0.851. The number of nitrogens with two attached hydrogens (primary N) is 1. The van der Waals surface area contributed by atoms with Gasteiger partial charge in [-0.25, -0.2) is 9.67 Å². The van der Waals surface area contributed by atoms with Gasteiger partial charge in [0.1, 0.15) is 23.4 Å². The topological polar surface area (TPSA) is 171 Å². The molecule has 4 N–H and O–H groups in total. The Labute approximate surface area is 246 Å². The lowest BCUT2D eigenvalue weighted by Gasteiger charge is -2.22. The molecule has 1 saturated carbocycles. The zero-order valence-corrected chi connectivity index (χ0v) is 24.2. The number of nitrogens with one attached hydrogen (secondary N) is 2. The first-order valence-corrected chi connectivity index (χ1v) is 14.3. The van der Waals surface area contributed by atoms with Gasteiger partial charge in [0.15, 0.2) is 0 Å². The van der Waals surface area contributed by atoms with Gasteiger partial charge < -0.3 is 16.4 Å². The third-order valence-electron chi connectivity index (χ3n) is 7.44. The molecule has 0 unspecified atom stereocenters. The van der Waals surface area contributed by atoms with Crippen LogP contribution in [0.2, 0.25) is 0 Å². The number of thiazole rings is 1. The van der Waals surface area contributed by atoms with Crippen molar-refractivity contribution < 1.29 is 4.79 Å². The second-order valence-corrected chi connectivity index (χ2v) is 12.6. The van der Waals surface area contributed by atoms with Crippen molar-refractivity contribution in [3.05, 3.63) is 70.6 Å². The average Bonchev–Trinajstić information content (AvgIpc) is 3.39. The number of fused-ring (bicyclic) bond motifs is 2. The summed E-state index contributed by atoms with van der Waals surface area (Å²) in [5.41, 5.74) is 11.5. The van der Waals surface area contributed by atoms with E-state index in [1.807, 2.05) is 24.3 Å². The Morgan fingerprint density at radius 1 is 1.19 bits per heavy atom. The van der Waals surface area contributed by atoms with E-state index in [2.05, 4.69) is 63.8 Å². The smallest absolute Gasteiger partial charge is 0.245 e. The molecule has 11 nitrogen and oxygen atoms in total. The maximum Gasteiger partial charge on any atom is 0.245 e. The number of benzene rings is 2. The maximum absolute atomic E-state index is 12.2. The lowest BCUT2D eigenvalue weighted by Crippen LogP contribution is -2.34. The minimum absolute atomic E-state index is 0.0512. The molecular formula is C30H28N10OS. The first kappa shape index (κ1) is 27.1. The second kappa shape index (κ2) is 10.1. The van der Waals surface area contributed by atoms with E-state index in [0.29, 0.717) is 58.5 Å². The van der Waals surface area contributed by atoms with Crippen molar-refractivity contribution in [1.29, 1.82) is 10.5 Å². The number of hydrogen-bond acceptors (Lipinski definition) is 10. The van der Waals surface area contributed by atoms with Crippen LogP contribution in [0.1, 0.15) is 62.0 Å². The molecular weight excluding hydrogens is 548 g/mol. The third-order valence-corrected chi connectivity index (χ3v) is 8.34. The van der Waals surface area contributed by atoms with Crippen molar-refractivity contribution in [3.63, 3.8) is 0 Å². The third kappa shape index (κ3) is 4.76. The van der Waals surface area contributed by atoms with Crippen molar-refractivity contribution in [1.82, 2.24) is 25.0 Å². The normalized spacial score (nSPS) is 14.7. The lowest BCUT2D eigenvalue weighted by atomic mass is 9.96. The Hall–Kier alpha value is -5.07. The Morgan fingerprint density at radius 2 is 1.98 bits per heavy atom. The number of nitriles is 2. The van der Waals surface area contributed by atoms with Crippen LogP contribution in [0.5, 0.6) is 0 Å². The van der Waals surface area contributed by atoms with Crippen LogP contribution in [-0.4, -0.2) is 37.4 Å². The van der Waals surface area contributed by atoms with E-state index in [0.717, 1.165) is 15.8 Å². The summed E-state index contributed by atoms with van der Waals surface area (Å²) >= 11 is 1.51. The van der Waals surface area contributed by atoms with E-state index in [1.54, 1.807) is 22.5 Å². The number of carbonyl (C=O) groups is 1. The molecule has 0 bridgehead atoms. The molecule has 2 aromatic carbocycles. The van der Waals surface area contributed by atoms with Gasteiger partial charge in [0.25, 0.3) is 0 Å². The molecule has 0 radical (unpaired) electrons. The largest absolute Gasteiger partial charge is 0.383 e. The number of pyridine rings is 1. The number of aromatic nitrogens is 5. The van der Waals surface area contributed by atoms with Crippen LogP contribution in [0.15, 0.2) is 48.2 Å². The molecule has 1 fully saturated rings. The van der Waals surface area contributed by atoms with E-state index in [-0.39, 0.29) is 5.41 Å². The number of amides is 1. The summed E-state index contributed by atoms with van der Waals surface area (Å²) in [5, 5.41) is 36.4. The Bertz CT molecular complexity index is 1930. The van der Waals surface area contributed by atoms with Crippen molar-refractivity contribution in [3.8, 4) is 12.1 Å². The van der Waals surface area contributed by atoms with Crippen molar-refractivity contribution >= 4 is 49.7 Å². The molecule has 3 heterocycles. The molecule has 12 heteroatoms. The van der Waals surface area contributed by atoms with Gasteiger partial charge in [-0.15, -0.1) is 16.4 Å². The van der Waals surface area contributed by atoms with Gasteiger partial charge in [-0.05, 0) is 42.0 Å². The van der Waals surface area contributed by atoms with E-state index in [1.165, 1.54) is 17.5 Å². The van der Waals surface area contributed by atoms with Gasteiger partial charge in [-0.2, -0.15) is 10.5 Å². The van der Waals surface area contributed by atoms with Gasteiger partial charge in [-0.3, -0.25) is 9.78 Å². The van der Waals surface area contributed by atoms with Gasteiger partial charge in [0, 0.05) is 23.8 Å². The van der Waals surface area contributed by atoms with E-state index in [9.17, 15) is 15.3 Å². The van der Waals surface area contributed by atoms with Crippen molar-refractivity contribution in [2.45, 2.75) is 45.2 Å². The number of carbonyl (C=O) groups excluding carboxylic acids is 1. The quantitative estimate of drug-likeness (QED) is 0.234. The molecule has 1 aliphatic carbocycles. The highest BCUT2D eigenvalue weighted by Crippen LogP contribution is 2.43. The fraction of sp³-hybridized carbons (Fsp3) is 0.300. The molecule has 42 heavy (non-hydrogen) atoms. The number of rotatable bonds is 8. The molecule has 210 valence electrons. The van der Waals surface area contributed by atoms with Crippen molar-refractivity contribution in [2.75, 3.05) is 17.2 Å². The van der Waals surface area contributed by atoms with Gasteiger partial charge in [-0.1, -0.05) is 38.1 Å². The van der Waals surface area contributed by atoms with E-state index >= 15 is 0 Å². The molecule has 5 aromatic rings. The van der Waals surface area contributed by atoms with Crippen LogP contribution >= 0.6 is 11.3 Å². The number of hydrogen-bond donors (Lipinski definition) is 3. The maximum atomic E-state index is 12.2. The Morgan fingerprint density at radius 3 is 2.67 bits per heavy atom. The van der Waals surface area contributed by atoms with Crippen LogP contribution < -0.4 is 16.4 Å².